The fraction of sp³-hybridized carbons (Fsp3) is 0.348. The van der Waals surface area contributed by atoms with Crippen molar-refractivity contribution in [3.8, 4) is 0 Å². The van der Waals surface area contributed by atoms with Crippen LogP contribution >= 0.6 is 23.5 Å². The lowest BCUT2D eigenvalue weighted by atomic mass is 9.85. The Morgan fingerprint density at radius 1 is 0.923 bits per heavy atom. The minimum absolute atomic E-state index is 0.165. The zero-order valence-corrected chi connectivity index (χ0v) is 17.0. The van der Waals surface area contributed by atoms with E-state index in [1.54, 1.807) is 5.57 Å². The molecule has 0 N–H and O–H groups in total. The second-order valence-electron chi connectivity index (χ2n) is 8.36. The van der Waals surface area contributed by atoms with Gasteiger partial charge < -0.3 is 0 Å². The number of nitrogens with zero attached hydrogens (tertiary/aromatic N) is 1. The summed E-state index contributed by atoms with van der Waals surface area (Å²) in [5.41, 5.74) is 4.44. The van der Waals surface area contributed by atoms with Crippen LogP contribution in [-0.4, -0.2) is 15.5 Å². The van der Waals surface area contributed by atoms with Crippen molar-refractivity contribution < 1.29 is 0 Å². The third-order valence-electron chi connectivity index (χ3n) is 5.67. The van der Waals surface area contributed by atoms with Crippen molar-refractivity contribution in [3.05, 3.63) is 83.4 Å². The summed E-state index contributed by atoms with van der Waals surface area (Å²) in [5.74, 6) is 0.478. The van der Waals surface area contributed by atoms with Gasteiger partial charge in [0.05, 0.1) is 0 Å². The van der Waals surface area contributed by atoms with Gasteiger partial charge in [-0.1, -0.05) is 93.1 Å². The Labute approximate surface area is 164 Å². The second kappa shape index (κ2) is 5.77. The van der Waals surface area contributed by atoms with Gasteiger partial charge in [0.1, 0.15) is 9.91 Å². The molecule has 3 heteroatoms. The molecule has 1 aliphatic carbocycles. The van der Waals surface area contributed by atoms with E-state index in [-0.39, 0.29) is 10.3 Å². The zero-order chi connectivity index (χ0) is 17.9. The highest BCUT2D eigenvalue weighted by Gasteiger charge is 2.63. The lowest BCUT2D eigenvalue weighted by Gasteiger charge is -2.37. The van der Waals surface area contributed by atoms with E-state index in [9.17, 15) is 0 Å². The molecule has 3 aliphatic rings. The van der Waals surface area contributed by atoms with Gasteiger partial charge in [-0.25, -0.2) is 0 Å². The standard InChI is InChI=1S/C23H23NS2/c1-22(2,3)17-14-18-19-20(17)26-23(18,16-12-8-5-9-13-16)24-21(25-19)15-10-6-4-7-11-15/h4-14,18-20H,1-3H3/t18-,19-,20+,23-/m0/s1. The largest absolute Gasteiger partial charge is 0.255 e. The summed E-state index contributed by atoms with van der Waals surface area (Å²) >= 11 is 4.08. The molecule has 2 heterocycles. The molecule has 2 aromatic carbocycles. The van der Waals surface area contributed by atoms with E-state index in [1.165, 1.54) is 16.2 Å². The summed E-state index contributed by atoms with van der Waals surface area (Å²) in [6.07, 6.45) is 2.57. The summed E-state index contributed by atoms with van der Waals surface area (Å²) in [6.45, 7) is 7.05. The van der Waals surface area contributed by atoms with Crippen LogP contribution < -0.4 is 0 Å². The Bertz CT molecular complexity index is 895. The van der Waals surface area contributed by atoms with E-state index in [0.717, 1.165) is 0 Å². The predicted octanol–water partition coefficient (Wildman–Crippen LogP) is 6.12. The Kier molecular flexibility index (Phi) is 3.71. The zero-order valence-electron chi connectivity index (χ0n) is 15.3. The summed E-state index contributed by atoms with van der Waals surface area (Å²) in [7, 11) is 0. The van der Waals surface area contributed by atoms with E-state index >= 15 is 0 Å². The van der Waals surface area contributed by atoms with Crippen molar-refractivity contribution in [1.82, 2.24) is 0 Å². The van der Waals surface area contributed by atoms with Crippen LogP contribution in [0, 0.1) is 11.3 Å². The van der Waals surface area contributed by atoms with Crippen LogP contribution in [0.3, 0.4) is 0 Å². The average molecular weight is 378 g/mol. The molecule has 1 fully saturated rings. The van der Waals surface area contributed by atoms with Gasteiger partial charge in [-0.2, -0.15) is 0 Å². The van der Waals surface area contributed by atoms with Crippen LogP contribution in [0.25, 0.3) is 0 Å². The predicted molar refractivity (Wildman–Crippen MR) is 115 cm³/mol. The molecular formula is C23H23NS2. The highest BCUT2D eigenvalue weighted by molar-refractivity contribution is 8.16. The van der Waals surface area contributed by atoms with E-state index in [4.69, 9.17) is 4.99 Å². The van der Waals surface area contributed by atoms with Crippen LogP contribution in [0.4, 0.5) is 0 Å². The molecule has 0 unspecified atom stereocenters. The van der Waals surface area contributed by atoms with E-state index in [2.05, 4.69) is 99.3 Å². The van der Waals surface area contributed by atoms with Gasteiger partial charge in [0.15, 0.2) is 0 Å². The molecule has 5 rings (SSSR count). The Morgan fingerprint density at radius 2 is 1.58 bits per heavy atom. The number of benzene rings is 2. The van der Waals surface area contributed by atoms with Crippen LogP contribution in [0.2, 0.25) is 0 Å². The fourth-order valence-electron chi connectivity index (χ4n) is 4.42. The average Bonchev–Trinajstić information content (AvgIpc) is 3.10. The Morgan fingerprint density at radius 3 is 2.23 bits per heavy atom. The lowest BCUT2D eigenvalue weighted by Crippen LogP contribution is -2.33. The van der Waals surface area contributed by atoms with Crippen molar-refractivity contribution in [2.75, 3.05) is 0 Å². The molecule has 0 aromatic heterocycles. The molecule has 1 nitrogen and oxygen atoms in total. The molecule has 0 spiro atoms. The summed E-state index contributed by atoms with van der Waals surface area (Å²) in [5, 5.41) is 2.34. The van der Waals surface area contributed by atoms with Gasteiger partial charge in [0.25, 0.3) is 0 Å². The smallest absolute Gasteiger partial charge is 0.140 e. The summed E-state index contributed by atoms with van der Waals surface area (Å²) < 4.78 is 0. The number of rotatable bonds is 2. The van der Waals surface area contributed by atoms with Gasteiger partial charge in [-0.15, -0.1) is 23.5 Å². The van der Waals surface area contributed by atoms with Crippen molar-refractivity contribution in [2.45, 2.75) is 36.1 Å². The number of hydrogen-bond donors (Lipinski definition) is 0. The molecule has 132 valence electrons. The number of aliphatic imine (C=N–C) groups is 1. The topological polar surface area (TPSA) is 12.4 Å². The highest BCUT2D eigenvalue weighted by atomic mass is 32.2. The lowest BCUT2D eigenvalue weighted by molar-refractivity contribution is 0.493. The van der Waals surface area contributed by atoms with Crippen molar-refractivity contribution >= 4 is 28.6 Å². The van der Waals surface area contributed by atoms with Crippen molar-refractivity contribution in [2.24, 2.45) is 16.3 Å². The Balaban J connectivity index is 1.66. The molecule has 0 amide bonds. The first-order valence-corrected chi connectivity index (χ1v) is 11.0. The van der Waals surface area contributed by atoms with Gasteiger partial charge in [0.2, 0.25) is 0 Å². The summed E-state index contributed by atoms with van der Waals surface area (Å²) in [4.78, 5) is 5.25. The molecule has 4 bridgehead atoms. The molecule has 2 aliphatic heterocycles. The third-order valence-corrected chi connectivity index (χ3v) is 8.99. The molecule has 1 saturated heterocycles. The SMILES string of the molecule is CC(C)(C)C1=C[C@H]2[C@@H]3SC(c4ccccc4)=N[C@@]2(c2ccccc2)S[C@H]13. The van der Waals surface area contributed by atoms with Crippen LogP contribution in [0.5, 0.6) is 0 Å². The molecule has 4 atom stereocenters. The fourth-order valence-corrected chi connectivity index (χ4v) is 8.35. The Hall–Kier alpha value is -1.45. The summed E-state index contributed by atoms with van der Waals surface area (Å²) in [6, 6.07) is 21.6. The first kappa shape index (κ1) is 16.7. The van der Waals surface area contributed by atoms with Crippen LogP contribution in [0.15, 0.2) is 77.3 Å². The monoisotopic (exact) mass is 377 g/mol. The third kappa shape index (κ3) is 2.36. The van der Waals surface area contributed by atoms with Gasteiger partial charge in [-0.05, 0) is 11.0 Å². The minimum Gasteiger partial charge on any atom is -0.255 e. The first-order chi connectivity index (χ1) is 12.5. The molecule has 26 heavy (non-hydrogen) atoms. The highest BCUT2D eigenvalue weighted by Crippen LogP contribution is 2.69. The quantitative estimate of drug-likeness (QED) is 0.585. The van der Waals surface area contributed by atoms with E-state index < -0.39 is 0 Å². The van der Waals surface area contributed by atoms with Crippen LogP contribution in [-0.2, 0) is 4.87 Å². The maximum absolute atomic E-state index is 5.41. The number of thioether (sulfide) groups is 2. The first-order valence-electron chi connectivity index (χ1n) is 9.26. The minimum atomic E-state index is -0.165. The van der Waals surface area contributed by atoms with E-state index in [1.807, 2.05) is 11.8 Å². The van der Waals surface area contributed by atoms with Gasteiger partial charge >= 0.3 is 0 Å². The van der Waals surface area contributed by atoms with E-state index in [0.29, 0.717) is 16.4 Å². The van der Waals surface area contributed by atoms with Crippen molar-refractivity contribution in [1.29, 1.82) is 0 Å². The normalized spacial score (nSPS) is 32.3. The maximum atomic E-state index is 5.41. The maximum Gasteiger partial charge on any atom is 0.140 e. The van der Waals surface area contributed by atoms with Crippen molar-refractivity contribution in [3.63, 3.8) is 0 Å². The van der Waals surface area contributed by atoms with Crippen LogP contribution in [0.1, 0.15) is 31.9 Å². The number of hydrogen-bond acceptors (Lipinski definition) is 3. The van der Waals surface area contributed by atoms with Gasteiger partial charge in [0, 0.05) is 22.0 Å². The molecular weight excluding hydrogens is 354 g/mol. The van der Waals surface area contributed by atoms with Gasteiger partial charge in [-0.3, -0.25) is 4.99 Å². The second-order valence-corrected chi connectivity index (χ2v) is 10.9. The molecule has 2 aromatic rings. The molecule has 0 radical (unpaired) electrons. The molecule has 0 saturated carbocycles.